The normalized spacial score (nSPS) is 28.2. The number of thiazole rings is 1. The maximum Gasteiger partial charge on any atom is 0.118 e. The highest BCUT2D eigenvalue weighted by atomic mass is 32.1. The van der Waals surface area contributed by atoms with Crippen molar-refractivity contribution in [2.24, 2.45) is 11.8 Å². The molecule has 0 bridgehead atoms. The second kappa shape index (κ2) is 6.23. The molecule has 4 nitrogen and oxygen atoms in total. The number of rotatable bonds is 4. The van der Waals surface area contributed by atoms with Gasteiger partial charge in [0.25, 0.3) is 0 Å². The first-order valence-electron chi connectivity index (χ1n) is 8.19. The number of nitrogens with zero attached hydrogens (tertiary/aromatic N) is 3. The number of hydrogen-bond donors (Lipinski definition) is 0. The summed E-state index contributed by atoms with van der Waals surface area (Å²) in [5.74, 6) is 2.42. The highest BCUT2D eigenvalue weighted by molar-refractivity contribution is 7.09. The molecule has 0 unspecified atom stereocenters. The van der Waals surface area contributed by atoms with Crippen molar-refractivity contribution in [2.45, 2.75) is 12.6 Å². The van der Waals surface area contributed by atoms with E-state index in [1.165, 1.54) is 30.2 Å². The van der Waals surface area contributed by atoms with Crippen LogP contribution in [0.1, 0.15) is 16.6 Å². The molecule has 5 heteroatoms. The molecule has 0 N–H and O–H groups in total. The largest absolute Gasteiger partial charge is 0.497 e. The van der Waals surface area contributed by atoms with Crippen LogP contribution in [0.2, 0.25) is 0 Å². The molecule has 122 valence electrons. The Morgan fingerprint density at radius 3 is 2.74 bits per heavy atom. The topological polar surface area (TPSA) is 28.6 Å². The Labute approximate surface area is 141 Å². The molecule has 2 fully saturated rings. The van der Waals surface area contributed by atoms with Crippen LogP contribution in [0.25, 0.3) is 0 Å². The van der Waals surface area contributed by atoms with E-state index in [2.05, 4.69) is 51.5 Å². The van der Waals surface area contributed by atoms with E-state index in [0.29, 0.717) is 12.0 Å². The molecule has 4 rings (SSSR count). The lowest BCUT2D eigenvalue weighted by Gasteiger charge is -2.26. The van der Waals surface area contributed by atoms with Gasteiger partial charge in [0.2, 0.25) is 0 Å². The summed E-state index contributed by atoms with van der Waals surface area (Å²) in [5, 5.41) is 3.31. The predicted molar refractivity (Wildman–Crippen MR) is 92.7 cm³/mol. The first kappa shape index (κ1) is 15.1. The lowest BCUT2D eigenvalue weighted by atomic mass is 9.89. The van der Waals surface area contributed by atoms with E-state index < -0.39 is 0 Å². The summed E-state index contributed by atoms with van der Waals surface area (Å²) in [6.07, 6.45) is 1.91. The Morgan fingerprint density at radius 2 is 2.04 bits per heavy atom. The van der Waals surface area contributed by atoms with Gasteiger partial charge in [0.15, 0.2) is 0 Å². The molecular weight excluding hydrogens is 306 g/mol. The van der Waals surface area contributed by atoms with Crippen molar-refractivity contribution in [2.75, 3.05) is 33.8 Å². The number of fused-ring (bicyclic) bond motifs is 1. The third-order valence-electron chi connectivity index (χ3n) is 5.27. The summed E-state index contributed by atoms with van der Waals surface area (Å²) in [6, 6.07) is 9.14. The number of hydrogen-bond acceptors (Lipinski definition) is 5. The summed E-state index contributed by atoms with van der Waals surface area (Å²) in [4.78, 5) is 9.54. The van der Waals surface area contributed by atoms with Crippen molar-refractivity contribution < 1.29 is 4.74 Å². The molecule has 3 heterocycles. The van der Waals surface area contributed by atoms with Crippen LogP contribution in [0.3, 0.4) is 0 Å². The number of ether oxygens (including phenoxy) is 1. The van der Waals surface area contributed by atoms with Gasteiger partial charge in [-0.15, -0.1) is 11.3 Å². The first-order chi connectivity index (χ1) is 11.2. The van der Waals surface area contributed by atoms with Crippen molar-refractivity contribution in [1.82, 2.24) is 14.8 Å². The van der Waals surface area contributed by atoms with Crippen molar-refractivity contribution in [3.05, 3.63) is 46.4 Å². The molecule has 3 atom stereocenters. The van der Waals surface area contributed by atoms with Gasteiger partial charge in [-0.2, -0.15) is 0 Å². The molecule has 0 amide bonds. The molecular formula is C18H23N3OS. The van der Waals surface area contributed by atoms with E-state index in [9.17, 15) is 0 Å². The zero-order valence-electron chi connectivity index (χ0n) is 13.7. The van der Waals surface area contributed by atoms with Crippen LogP contribution in [0.5, 0.6) is 5.75 Å². The molecule has 1 aromatic carbocycles. The van der Waals surface area contributed by atoms with Crippen LogP contribution >= 0.6 is 11.3 Å². The lowest BCUT2D eigenvalue weighted by molar-refractivity contribution is 0.224. The SMILES string of the molecule is COc1ccc([C@H]2[C@@H]3CN(Cc4nccs4)C[C@@H]3CN2C)cc1. The lowest BCUT2D eigenvalue weighted by Crippen LogP contribution is -2.28. The molecule has 0 spiro atoms. The third kappa shape index (κ3) is 2.89. The van der Waals surface area contributed by atoms with E-state index in [4.69, 9.17) is 4.74 Å². The zero-order valence-corrected chi connectivity index (χ0v) is 14.5. The fraction of sp³-hybridized carbons (Fsp3) is 0.500. The van der Waals surface area contributed by atoms with Crippen LogP contribution < -0.4 is 4.74 Å². The Hall–Kier alpha value is -1.43. The Bertz CT molecular complexity index is 643. The van der Waals surface area contributed by atoms with E-state index >= 15 is 0 Å². The van der Waals surface area contributed by atoms with Gasteiger partial charge in [-0.25, -0.2) is 4.98 Å². The van der Waals surface area contributed by atoms with Crippen molar-refractivity contribution in [3.63, 3.8) is 0 Å². The van der Waals surface area contributed by atoms with Gasteiger partial charge in [0, 0.05) is 37.3 Å². The molecule has 23 heavy (non-hydrogen) atoms. The first-order valence-corrected chi connectivity index (χ1v) is 9.07. The molecule has 0 radical (unpaired) electrons. The highest BCUT2D eigenvalue weighted by Gasteiger charge is 2.45. The van der Waals surface area contributed by atoms with Gasteiger partial charge >= 0.3 is 0 Å². The van der Waals surface area contributed by atoms with Gasteiger partial charge in [-0.3, -0.25) is 9.80 Å². The summed E-state index contributed by atoms with van der Waals surface area (Å²) in [5.41, 5.74) is 1.41. The van der Waals surface area contributed by atoms with Crippen LogP contribution in [-0.2, 0) is 6.54 Å². The highest BCUT2D eigenvalue weighted by Crippen LogP contribution is 2.44. The maximum atomic E-state index is 5.29. The quantitative estimate of drug-likeness (QED) is 0.862. The Balaban J connectivity index is 1.49. The second-order valence-electron chi connectivity index (χ2n) is 6.70. The summed E-state index contributed by atoms with van der Waals surface area (Å²) >= 11 is 1.76. The number of aromatic nitrogens is 1. The van der Waals surface area contributed by atoms with Gasteiger partial charge in [-0.1, -0.05) is 12.1 Å². The zero-order chi connectivity index (χ0) is 15.8. The fourth-order valence-corrected chi connectivity index (χ4v) is 4.96. The number of likely N-dealkylation sites (tertiary alicyclic amines) is 2. The average Bonchev–Trinajstić information content (AvgIpc) is 3.25. The summed E-state index contributed by atoms with van der Waals surface area (Å²) in [7, 11) is 3.98. The molecule has 2 saturated heterocycles. The van der Waals surface area contributed by atoms with Gasteiger partial charge in [-0.05, 0) is 36.6 Å². The molecule has 2 aliphatic heterocycles. The van der Waals surface area contributed by atoms with E-state index in [1.807, 2.05) is 6.20 Å². The Morgan fingerprint density at radius 1 is 1.22 bits per heavy atom. The fourth-order valence-electron chi connectivity index (χ4n) is 4.30. The number of methoxy groups -OCH3 is 1. The average molecular weight is 329 g/mol. The van der Waals surface area contributed by atoms with Gasteiger partial charge in [0.1, 0.15) is 10.8 Å². The summed E-state index contributed by atoms with van der Waals surface area (Å²) in [6.45, 7) is 4.56. The molecule has 0 saturated carbocycles. The standard InChI is InChI=1S/C18H23N3OS/c1-20-9-14-10-21(12-17-19-7-8-23-17)11-16(14)18(20)13-3-5-15(22-2)6-4-13/h3-8,14,16,18H,9-12H2,1-2H3/t14-,16+,18-/m0/s1. The number of benzene rings is 1. The van der Waals surface area contributed by atoms with Crippen LogP contribution in [-0.4, -0.2) is 48.6 Å². The van der Waals surface area contributed by atoms with Crippen molar-refractivity contribution in [3.8, 4) is 5.75 Å². The molecule has 2 aliphatic rings. The van der Waals surface area contributed by atoms with E-state index in [-0.39, 0.29) is 0 Å². The van der Waals surface area contributed by atoms with E-state index in [1.54, 1.807) is 18.4 Å². The molecule has 1 aromatic heterocycles. The van der Waals surface area contributed by atoms with E-state index in [0.717, 1.165) is 18.2 Å². The van der Waals surface area contributed by atoms with Crippen LogP contribution in [0, 0.1) is 11.8 Å². The Kier molecular flexibility index (Phi) is 4.09. The van der Waals surface area contributed by atoms with Crippen molar-refractivity contribution in [1.29, 1.82) is 0 Å². The maximum absolute atomic E-state index is 5.29. The second-order valence-corrected chi connectivity index (χ2v) is 7.68. The minimum Gasteiger partial charge on any atom is -0.497 e. The predicted octanol–water partition coefficient (Wildman–Crippen LogP) is 2.89. The van der Waals surface area contributed by atoms with Gasteiger partial charge < -0.3 is 4.74 Å². The monoisotopic (exact) mass is 329 g/mol. The minimum atomic E-state index is 0.521. The third-order valence-corrected chi connectivity index (χ3v) is 6.03. The van der Waals surface area contributed by atoms with Crippen LogP contribution in [0.4, 0.5) is 0 Å². The van der Waals surface area contributed by atoms with Crippen molar-refractivity contribution >= 4 is 11.3 Å². The van der Waals surface area contributed by atoms with Crippen LogP contribution in [0.15, 0.2) is 35.8 Å². The van der Waals surface area contributed by atoms with Gasteiger partial charge in [0.05, 0.1) is 13.7 Å². The minimum absolute atomic E-state index is 0.521. The molecule has 0 aliphatic carbocycles. The summed E-state index contributed by atoms with van der Waals surface area (Å²) < 4.78 is 5.29. The molecule has 2 aromatic rings. The smallest absolute Gasteiger partial charge is 0.118 e.